The van der Waals surface area contributed by atoms with E-state index in [1.807, 2.05) is 40.7 Å². The SMILES string of the molecule is Cc1ccc(OC2CCCC2)c(F)c1Sc1ccc(B2OC(C)(C)C(C)(C)O2)cc1F. The first-order chi connectivity index (χ1) is 14.6. The molecule has 1 saturated heterocycles. The second-order valence-corrected chi connectivity index (χ2v) is 10.5. The topological polar surface area (TPSA) is 27.7 Å². The van der Waals surface area contributed by atoms with Gasteiger partial charge in [0.25, 0.3) is 0 Å². The predicted molar refractivity (Wildman–Crippen MR) is 120 cm³/mol. The zero-order valence-electron chi connectivity index (χ0n) is 18.8. The Balaban J connectivity index is 1.55. The highest BCUT2D eigenvalue weighted by molar-refractivity contribution is 7.99. The highest BCUT2D eigenvalue weighted by atomic mass is 32.2. The Kier molecular flexibility index (Phi) is 6.14. The lowest BCUT2D eigenvalue weighted by Gasteiger charge is -2.32. The Morgan fingerprint density at radius 3 is 2.26 bits per heavy atom. The average Bonchev–Trinajstić information content (AvgIpc) is 3.27. The van der Waals surface area contributed by atoms with Crippen molar-refractivity contribution in [2.45, 2.75) is 87.4 Å². The average molecular weight is 446 g/mol. The summed E-state index contributed by atoms with van der Waals surface area (Å²) in [5.41, 5.74) is 0.357. The van der Waals surface area contributed by atoms with Crippen LogP contribution in [0.4, 0.5) is 8.78 Å². The van der Waals surface area contributed by atoms with Crippen molar-refractivity contribution in [1.82, 2.24) is 0 Å². The van der Waals surface area contributed by atoms with Crippen molar-refractivity contribution in [2.75, 3.05) is 0 Å². The Bertz CT molecular complexity index is 958. The maximum atomic E-state index is 15.2. The molecule has 1 aliphatic carbocycles. The van der Waals surface area contributed by atoms with Gasteiger partial charge in [-0.3, -0.25) is 0 Å². The molecule has 0 bridgehead atoms. The zero-order chi connectivity index (χ0) is 22.4. The van der Waals surface area contributed by atoms with Gasteiger partial charge in [-0.25, -0.2) is 8.78 Å². The molecular weight excluding hydrogens is 417 g/mol. The minimum atomic E-state index is -0.639. The largest absolute Gasteiger partial charge is 0.494 e. The maximum absolute atomic E-state index is 15.2. The predicted octanol–water partition coefficient (Wildman–Crippen LogP) is 6.05. The number of ether oxygens (including phenoxy) is 1. The van der Waals surface area contributed by atoms with Gasteiger partial charge in [-0.15, -0.1) is 0 Å². The summed E-state index contributed by atoms with van der Waals surface area (Å²) in [4.78, 5) is 0.734. The molecular formula is C24H29BF2O3S. The van der Waals surface area contributed by atoms with Crippen LogP contribution in [0.15, 0.2) is 40.1 Å². The van der Waals surface area contributed by atoms with E-state index in [0.29, 0.717) is 15.3 Å². The van der Waals surface area contributed by atoms with Crippen molar-refractivity contribution in [3.8, 4) is 5.75 Å². The molecule has 0 N–H and O–H groups in total. The van der Waals surface area contributed by atoms with Crippen molar-refractivity contribution in [3.05, 3.63) is 47.5 Å². The fourth-order valence-corrected chi connectivity index (χ4v) is 4.80. The smallest absolute Gasteiger partial charge is 0.487 e. The molecule has 2 fully saturated rings. The summed E-state index contributed by atoms with van der Waals surface area (Å²) in [5.74, 6) is -0.612. The lowest BCUT2D eigenvalue weighted by Crippen LogP contribution is -2.41. The second-order valence-electron chi connectivity index (χ2n) is 9.43. The van der Waals surface area contributed by atoms with E-state index in [1.165, 1.54) is 6.07 Å². The highest BCUT2D eigenvalue weighted by Gasteiger charge is 2.51. The molecule has 0 amide bonds. The summed E-state index contributed by atoms with van der Waals surface area (Å²) in [5, 5.41) is 0. The molecule has 3 nitrogen and oxygen atoms in total. The van der Waals surface area contributed by atoms with E-state index in [1.54, 1.807) is 18.2 Å². The zero-order valence-corrected chi connectivity index (χ0v) is 19.6. The van der Waals surface area contributed by atoms with Crippen LogP contribution in [0.3, 0.4) is 0 Å². The summed E-state index contributed by atoms with van der Waals surface area (Å²) in [7, 11) is -0.639. The molecule has 0 atom stereocenters. The van der Waals surface area contributed by atoms with Crippen molar-refractivity contribution in [1.29, 1.82) is 0 Å². The molecule has 1 saturated carbocycles. The van der Waals surface area contributed by atoms with Crippen LogP contribution in [0.25, 0.3) is 0 Å². The molecule has 4 rings (SSSR count). The Morgan fingerprint density at radius 1 is 1.00 bits per heavy atom. The van der Waals surface area contributed by atoms with Crippen LogP contribution in [-0.4, -0.2) is 24.4 Å². The minimum absolute atomic E-state index is 0.0611. The lowest BCUT2D eigenvalue weighted by atomic mass is 9.79. The first-order valence-corrected chi connectivity index (χ1v) is 11.7. The van der Waals surface area contributed by atoms with E-state index in [0.717, 1.165) is 43.0 Å². The fraction of sp³-hybridized carbons (Fsp3) is 0.500. The molecule has 2 aromatic carbocycles. The molecule has 0 radical (unpaired) electrons. The lowest BCUT2D eigenvalue weighted by molar-refractivity contribution is 0.00578. The van der Waals surface area contributed by atoms with Gasteiger partial charge >= 0.3 is 7.12 Å². The van der Waals surface area contributed by atoms with Gasteiger partial charge in [0.05, 0.1) is 22.2 Å². The number of hydrogen-bond donors (Lipinski definition) is 0. The van der Waals surface area contributed by atoms with Gasteiger partial charge in [0.2, 0.25) is 0 Å². The van der Waals surface area contributed by atoms with Gasteiger partial charge < -0.3 is 14.0 Å². The molecule has 7 heteroatoms. The summed E-state index contributed by atoms with van der Waals surface area (Å²) in [6.07, 6.45) is 4.18. The van der Waals surface area contributed by atoms with Crippen LogP contribution in [0, 0.1) is 18.6 Å². The van der Waals surface area contributed by atoms with Gasteiger partial charge in [0, 0.05) is 4.90 Å². The number of halogens is 2. The number of aryl methyl sites for hydroxylation is 1. The van der Waals surface area contributed by atoms with Crippen LogP contribution in [0.2, 0.25) is 0 Å². The molecule has 1 aliphatic heterocycles. The Hall–Kier alpha value is -1.57. The van der Waals surface area contributed by atoms with Crippen LogP contribution in [0.1, 0.15) is 58.9 Å². The first kappa shape index (κ1) is 22.6. The molecule has 166 valence electrons. The van der Waals surface area contributed by atoms with E-state index in [9.17, 15) is 4.39 Å². The summed E-state index contributed by atoms with van der Waals surface area (Å²) in [6.45, 7) is 9.65. The monoisotopic (exact) mass is 446 g/mol. The third-order valence-corrected chi connectivity index (χ3v) is 7.80. The van der Waals surface area contributed by atoms with Crippen molar-refractivity contribution in [2.24, 2.45) is 0 Å². The van der Waals surface area contributed by atoms with Crippen LogP contribution in [-0.2, 0) is 9.31 Å². The highest BCUT2D eigenvalue weighted by Crippen LogP contribution is 2.39. The standard InChI is InChI=1S/C24H29BF2O3S/c1-15-10-12-19(28-17-8-6-7-9-17)21(27)22(15)31-20-13-11-16(14-18(20)26)25-29-23(2,3)24(4,5)30-25/h10-14,17H,6-9H2,1-5H3. The van der Waals surface area contributed by atoms with Crippen LogP contribution < -0.4 is 10.2 Å². The number of rotatable bonds is 5. The number of benzene rings is 2. The maximum Gasteiger partial charge on any atom is 0.494 e. The summed E-state index contributed by atoms with van der Waals surface area (Å²) >= 11 is 1.08. The molecule has 0 aromatic heterocycles. The fourth-order valence-electron chi connectivity index (χ4n) is 3.87. The van der Waals surface area contributed by atoms with E-state index in [-0.39, 0.29) is 11.9 Å². The Labute approximate surface area is 188 Å². The molecule has 1 heterocycles. The van der Waals surface area contributed by atoms with Crippen LogP contribution in [0.5, 0.6) is 5.75 Å². The molecule has 0 unspecified atom stereocenters. The van der Waals surface area contributed by atoms with E-state index >= 15 is 4.39 Å². The molecule has 2 aliphatic rings. The van der Waals surface area contributed by atoms with Gasteiger partial charge in [0.1, 0.15) is 5.82 Å². The van der Waals surface area contributed by atoms with Gasteiger partial charge in [-0.05, 0) is 89.5 Å². The van der Waals surface area contributed by atoms with Crippen molar-refractivity contribution in [3.63, 3.8) is 0 Å². The number of hydrogen-bond acceptors (Lipinski definition) is 4. The minimum Gasteiger partial charge on any atom is -0.487 e. The summed E-state index contributed by atoms with van der Waals surface area (Å²) in [6, 6.07) is 8.34. The van der Waals surface area contributed by atoms with E-state index in [2.05, 4.69) is 0 Å². The van der Waals surface area contributed by atoms with Gasteiger partial charge in [0.15, 0.2) is 11.6 Å². The van der Waals surface area contributed by atoms with Crippen molar-refractivity contribution >= 4 is 24.3 Å². The van der Waals surface area contributed by atoms with Gasteiger partial charge in [-0.1, -0.05) is 23.9 Å². The van der Waals surface area contributed by atoms with Crippen molar-refractivity contribution < 1.29 is 22.8 Å². The molecule has 31 heavy (non-hydrogen) atoms. The van der Waals surface area contributed by atoms with E-state index < -0.39 is 30.0 Å². The van der Waals surface area contributed by atoms with Crippen LogP contribution >= 0.6 is 11.8 Å². The van der Waals surface area contributed by atoms with E-state index in [4.69, 9.17) is 14.0 Å². The molecule has 0 spiro atoms. The normalized spacial score (nSPS) is 20.4. The third-order valence-electron chi connectivity index (χ3n) is 6.55. The first-order valence-electron chi connectivity index (χ1n) is 10.9. The Morgan fingerprint density at radius 2 is 1.65 bits per heavy atom. The molecule has 2 aromatic rings. The summed E-state index contributed by atoms with van der Waals surface area (Å²) < 4.78 is 48.1. The van der Waals surface area contributed by atoms with Gasteiger partial charge in [-0.2, -0.15) is 0 Å². The quantitative estimate of drug-likeness (QED) is 0.523. The third kappa shape index (κ3) is 4.50. The second kappa shape index (κ2) is 8.41.